The minimum absolute atomic E-state index is 0.137. The van der Waals surface area contributed by atoms with E-state index in [0.29, 0.717) is 6.54 Å². The number of rotatable bonds is 4. The predicted octanol–water partition coefficient (Wildman–Crippen LogP) is 2.54. The van der Waals surface area contributed by atoms with Gasteiger partial charge in [0, 0.05) is 15.8 Å². The van der Waals surface area contributed by atoms with E-state index in [2.05, 4.69) is 29.4 Å². The van der Waals surface area contributed by atoms with Gasteiger partial charge >= 0.3 is 6.03 Å². The lowest BCUT2D eigenvalue weighted by molar-refractivity contribution is 0.0796. The van der Waals surface area contributed by atoms with Crippen LogP contribution in [0.3, 0.4) is 0 Å². The highest BCUT2D eigenvalue weighted by Gasteiger charge is 2.17. The van der Waals surface area contributed by atoms with Crippen LogP contribution < -0.4 is 5.48 Å². The van der Waals surface area contributed by atoms with Crippen LogP contribution in [0.5, 0.6) is 0 Å². The van der Waals surface area contributed by atoms with E-state index in [1.165, 1.54) is 16.9 Å². The molecule has 2 amide bonds. The zero-order chi connectivity index (χ0) is 12.1. The van der Waals surface area contributed by atoms with Crippen LogP contribution in [0.1, 0.15) is 23.6 Å². The van der Waals surface area contributed by atoms with Gasteiger partial charge in [-0.2, -0.15) is 0 Å². The first kappa shape index (κ1) is 13.0. The topological polar surface area (TPSA) is 41.6 Å². The van der Waals surface area contributed by atoms with E-state index in [1.54, 1.807) is 16.2 Å². The second-order valence-corrected chi connectivity index (χ2v) is 5.22. The van der Waals surface area contributed by atoms with Crippen LogP contribution in [-0.2, 0) is 11.4 Å². The van der Waals surface area contributed by atoms with Gasteiger partial charge in [-0.25, -0.2) is 10.3 Å². The molecule has 0 saturated carbocycles. The quantitative estimate of drug-likeness (QED) is 0.824. The second-order valence-electron chi connectivity index (χ2n) is 3.85. The summed E-state index contributed by atoms with van der Waals surface area (Å²) in [6.45, 7) is 6.64. The van der Waals surface area contributed by atoms with Crippen LogP contribution in [0.15, 0.2) is 12.1 Å². The molecule has 1 aromatic heterocycles. The highest BCUT2D eigenvalue weighted by atomic mass is 32.1. The van der Waals surface area contributed by atoms with E-state index in [9.17, 15) is 4.79 Å². The van der Waals surface area contributed by atoms with Crippen LogP contribution in [0, 0.1) is 6.92 Å². The normalized spacial score (nSPS) is 10.6. The molecule has 1 aromatic rings. The lowest BCUT2D eigenvalue weighted by Crippen LogP contribution is -2.42. The average molecular weight is 242 g/mol. The summed E-state index contributed by atoms with van der Waals surface area (Å²) in [4.78, 5) is 20.5. The summed E-state index contributed by atoms with van der Waals surface area (Å²) < 4.78 is 0. The number of nitrogens with one attached hydrogen (secondary N) is 1. The number of carbonyl (C=O) groups excluding carboxylic acids is 1. The first-order valence-corrected chi connectivity index (χ1v) is 6.01. The third-order valence-electron chi connectivity index (χ3n) is 2.20. The Morgan fingerprint density at radius 3 is 2.69 bits per heavy atom. The Bertz CT molecular complexity index is 350. The third-order valence-corrected chi connectivity index (χ3v) is 3.18. The summed E-state index contributed by atoms with van der Waals surface area (Å²) in [5.74, 6) is 0. The smallest absolute Gasteiger partial charge is 0.315 e. The lowest BCUT2D eigenvalue weighted by atomic mass is 10.3. The molecule has 0 unspecified atom stereocenters. The maximum Gasteiger partial charge on any atom is 0.341 e. The molecule has 0 fully saturated rings. The van der Waals surface area contributed by atoms with Crippen molar-refractivity contribution in [2.45, 2.75) is 33.4 Å². The van der Waals surface area contributed by atoms with Gasteiger partial charge in [-0.05, 0) is 32.9 Å². The second kappa shape index (κ2) is 5.86. The number of thiophene rings is 1. The van der Waals surface area contributed by atoms with E-state index in [-0.39, 0.29) is 12.1 Å². The molecule has 90 valence electrons. The molecule has 1 rings (SSSR count). The monoisotopic (exact) mass is 242 g/mol. The molecule has 4 nitrogen and oxygen atoms in total. The van der Waals surface area contributed by atoms with Crippen LogP contribution in [0.2, 0.25) is 0 Å². The minimum Gasteiger partial charge on any atom is -0.315 e. The predicted molar refractivity (Wildman–Crippen MR) is 65.3 cm³/mol. The van der Waals surface area contributed by atoms with Gasteiger partial charge in [-0.1, -0.05) is 0 Å². The first-order chi connectivity index (χ1) is 7.54. The molecule has 0 saturated heterocycles. The minimum atomic E-state index is -0.205. The summed E-state index contributed by atoms with van der Waals surface area (Å²) in [5.41, 5.74) is 2.35. The largest absolute Gasteiger partial charge is 0.341 e. The number of nitrogens with zero attached hydrogens (tertiary/aromatic N) is 1. The summed E-state index contributed by atoms with van der Waals surface area (Å²) in [7, 11) is 1.44. The van der Waals surface area contributed by atoms with Crippen molar-refractivity contribution >= 4 is 17.4 Å². The number of carbonyl (C=O) groups is 1. The molecule has 0 bridgehead atoms. The molecule has 0 spiro atoms. The zero-order valence-electron chi connectivity index (χ0n) is 10.1. The molecule has 1 N–H and O–H groups in total. The molecule has 0 radical (unpaired) electrons. The van der Waals surface area contributed by atoms with Crippen molar-refractivity contribution in [3.63, 3.8) is 0 Å². The van der Waals surface area contributed by atoms with Crippen LogP contribution in [0.4, 0.5) is 4.79 Å². The van der Waals surface area contributed by atoms with E-state index in [4.69, 9.17) is 0 Å². The van der Waals surface area contributed by atoms with Gasteiger partial charge in [0.25, 0.3) is 0 Å². The Hall–Kier alpha value is -1.07. The van der Waals surface area contributed by atoms with Crippen molar-refractivity contribution in [1.29, 1.82) is 0 Å². The maximum absolute atomic E-state index is 11.7. The maximum atomic E-state index is 11.7. The molecule has 16 heavy (non-hydrogen) atoms. The van der Waals surface area contributed by atoms with E-state index in [0.717, 1.165) is 0 Å². The van der Waals surface area contributed by atoms with Gasteiger partial charge < -0.3 is 4.90 Å². The number of hydrogen-bond acceptors (Lipinski definition) is 3. The number of amides is 2. The molecule has 0 aliphatic rings. The van der Waals surface area contributed by atoms with E-state index >= 15 is 0 Å². The summed E-state index contributed by atoms with van der Waals surface area (Å²) in [6.07, 6.45) is 0. The highest BCUT2D eigenvalue weighted by molar-refractivity contribution is 7.11. The number of urea groups is 1. The van der Waals surface area contributed by atoms with Crippen LogP contribution in [0.25, 0.3) is 0 Å². The number of aryl methyl sites for hydroxylation is 1. The average Bonchev–Trinajstić information content (AvgIpc) is 2.60. The van der Waals surface area contributed by atoms with Crippen molar-refractivity contribution in [1.82, 2.24) is 10.4 Å². The van der Waals surface area contributed by atoms with Crippen molar-refractivity contribution in [3.05, 3.63) is 21.9 Å². The van der Waals surface area contributed by atoms with Gasteiger partial charge in [-0.15, -0.1) is 11.3 Å². The molecule has 5 heteroatoms. The van der Waals surface area contributed by atoms with Crippen molar-refractivity contribution in [3.8, 4) is 0 Å². The van der Waals surface area contributed by atoms with Gasteiger partial charge in [-0.3, -0.25) is 4.84 Å². The summed E-state index contributed by atoms with van der Waals surface area (Å²) in [5, 5.41) is 0. The van der Waals surface area contributed by atoms with Gasteiger partial charge in [0.15, 0.2) is 0 Å². The Kier molecular flexibility index (Phi) is 4.76. The van der Waals surface area contributed by atoms with Crippen molar-refractivity contribution < 1.29 is 9.63 Å². The zero-order valence-corrected chi connectivity index (χ0v) is 10.9. The number of hydroxylamine groups is 1. The molecule has 0 aromatic carbocycles. The van der Waals surface area contributed by atoms with E-state index < -0.39 is 0 Å². The fourth-order valence-electron chi connectivity index (χ4n) is 1.37. The fraction of sp³-hybridized carbons (Fsp3) is 0.545. The molecule has 0 atom stereocenters. The summed E-state index contributed by atoms with van der Waals surface area (Å²) in [6, 6.07) is 4.04. The van der Waals surface area contributed by atoms with E-state index in [1.807, 2.05) is 13.8 Å². The Labute approximate surface area is 100 Å². The molecule has 0 aliphatic heterocycles. The van der Waals surface area contributed by atoms with Crippen molar-refractivity contribution in [2.75, 3.05) is 7.11 Å². The molecule has 0 aliphatic carbocycles. The number of hydrogen-bond donors (Lipinski definition) is 1. The third kappa shape index (κ3) is 3.50. The Balaban J connectivity index is 2.68. The Morgan fingerprint density at radius 1 is 1.56 bits per heavy atom. The Morgan fingerprint density at radius 2 is 2.25 bits per heavy atom. The van der Waals surface area contributed by atoms with Gasteiger partial charge in [0.05, 0.1) is 13.7 Å². The fourth-order valence-corrected chi connectivity index (χ4v) is 2.26. The molecular weight excluding hydrogens is 224 g/mol. The highest BCUT2D eigenvalue weighted by Crippen LogP contribution is 2.18. The van der Waals surface area contributed by atoms with Gasteiger partial charge in [0.1, 0.15) is 0 Å². The van der Waals surface area contributed by atoms with Crippen LogP contribution in [-0.4, -0.2) is 24.1 Å². The standard InChI is InChI=1S/C11H18N2O2S/c1-8(2)13(11(14)12-15-4)7-10-6-5-9(3)16-10/h5-6,8H,7H2,1-4H3,(H,12,14). The molecule has 1 heterocycles. The lowest BCUT2D eigenvalue weighted by Gasteiger charge is -2.25. The summed E-state index contributed by atoms with van der Waals surface area (Å²) >= 11 is 1.71. The van der Waals surface area contributed by atoms with Crippen molar-refractivity contribution in [2.24, 2.45) is 0 Å². The molecular formula is C11H18N2O2S. The van der Waals surface area contributed by atoms with Crippen LogP contribution >= 0.6 is 11.3 Å². The SMILES string of the molecule is CONC(=O)N(Cc1ccc(C)s1)C(C)C. The first-order valence-electron chi connectivity index (χ1n) is 5.19. The van der Waals surface area contributed by atoms with Gasteiger partial charge in [0.2, 0.25) is 0 Å².